The van der Waals surface area contributed by atoms with Crippen LogP contribution < -0.4 is 4.90 Å². The van der Waals surface area contributed by atoms with Crippen LogP contribution in [0, 0.1) is 0 Å². The third-order valence-electron chi connectivity index (χ3n) is 10.8. The molecule has 0 saturated heterocycles. The van der Waals surface area contributed by atoms with Crippen LogP contribution in [0.4, 0.5) is 17.1 Å². The van der Waals surface area contributed by atoms with Gasteiger partial charge in [-0.1, -0.05) is 121 Å². The number of anilines is 3. The summed E-state index contributed by atoms with van der Waals surface area (Å²) in [5, 5.41) is 6.77. The first-order valence-corrected chi connectivity index (χ1v) is 18.7. The van der Waals surface area contributed by atoms with E-state index >= 15 is 0 Å². The van der Waals surface area contributed by atoms with Crippen molar-refractivity contribution in [3.05, 3.63) is 200 Å². The van der Waals surface area contributed by atoms with E-state index < -0.39 is 0 Å². The van der Waals surface area contributed by atoms with Gasteiger partial charge >= 0.3 is 0 Å². The van der Waals surface area contributed by atoms with Gasteiger partial charge in [0.2, 0.25) is 0 Å². The lowest BCUT2D eigenvalue weighted by Gasteiger charge is -2.25. The van der Waals surface area contributed by atoms with E-state index in [0.29, 0.717) is 0 Å². The molecule has 3 nitrogen and oxygen atoms in total. The number of rotatable bonds is 6. The fourth-order valence-electron chi connectivity index (χ4n) is 8.22. The van der Waals surface area contributed by atoms with Gasteiger partial charge < -0.3 is 13.7 Å². The van der Waals surface area contributed by atoms with Crippen molar-refractivity contribution in [2.45, 2.75) is 0 Å². The Balaban J connectivity index is 1.13. The summed E-state index contributed by atoms with van der Waals surface area (Å²) in [5.41, 5.74) is 13.4. The van der Waals surface area contributed by atoms with Crippen LogP contribution in [0.15, 0.2) is 209 Å². The van der Waals surface area contributed by atoms with E-state index in [1.165, 1.54) is 21.9 Å². The number of furan rings is 2. The quantitative estimate of drug-likeness (QED) is 0.173. The first-order chi connectivity index (χ1) is 27.2. The van der Waals surface area contributed by atoms with Crippen LogP contribution in [0.2, 0.25) is 0 Å². The van der Waals surface area contributed by atoms with E-state index in [4.69, 9.17) is 8.83 Å². The van der Waals surface area contributed by atoms with Crippen molar-refractivity contribution in [2.75, 3.05) is 4.90 Å². The highest BCUT2D eigenvalue weighted by Gasteiger charge is 2.21. The summed E-state index contributed by atoms with van der Waals surface area (Å²) in [6.07, 6.45) is 0. The molecule has 0 fully saturated rings. The van der Waals surface area contributed by atoms with Gasteiger partial charge in [-0.05, 0) is 105 Å². The molecule has 2 heterocycles. The van der Waals surface area contributed by atoms with Gasteiger partial charge in [0.25, 0.3) is 0 Å². The predicted molar refractivity (Wildman–Crippen MR) is 229 cm³/mol. The predicted octanol–water partition coefficient (Wildman–Crippen LogP) is 15.1. The second kappa shape index (κ2) is 12.6. The molecule has 0 saturated carbocycles. The van der Waals surface area contributed by atoms with Crippen LogP contribution in [-0.4, -0.2) is 0 Å². The highest BCUT2D eigenvalue weighted by Crippen LogP contribution is 2.45. The van der Waals surface area contributed by atoms with Gasteiger partial charge in [-0.3, -0.25) is 0 Å². The number of para-hydroxylation sites is 2. The molecule has 9 aromatic carbocycles. The van der Waals surface area contributed by atoms with Crippen molar-refractivity contribution in [2.24, 2.45) is 0 Å². The summed E-state index contributed by atoms with van der Waals surface area (Å²) in [7, 11) is 0. The number of fused-ring (bicyclic) bond motifs is 8. The van der Waals surface area contributed by atoms with Crippen LogP contribution in [0.25, 0.3) is 88.0 Å². The second-order valence-corrected chi connectivity index (χ2v) is 14.1. The van der Waals surface area contributed by atoms with Crippen molar-refractivity contribution in [3.63, 3.8) is 0 Å². The molecule has 258 valence electrons. The van der Waals surface area contributed by atoms with E-state index in [0.717, 1.165) is 83.2 Å². The molecule has 0 atom stereocenters. The number of benzene rings is 9. The Morgan fingerprint density at radius 1 is 0.309 bits per heavy atom. The zero-order chi connectivity index (χ0) is 36.3. The van der Waals surface area contributed by atoms with E-state index in [9.17, 15) is 0 Å². The topological polar surface area (TPSA) is 29.5 Å². The molecule has 0 aliphatic rings. The molecule has 0 radical (unpaired) electrons. The molecule has 0 unspecified atom stereocenters. The third-order valence-corrected chi connectivity index (χ3v) is 10.8. The molecule has 11 rings (SSSR count). The molecule has 0 aliphatic carbocycles. The zero-order valence-corrected chi connectivity index (χ0v) is 29.8. The first kappa shape index (κ1) is 31.2. The van der Waals surface area contributed by atoms with Crippen LogP contribution in [0.1, 0.15) is 0 Å². The smallest absolute Gasteiger partial charge is 0.143 e. The van der Waals surface area contributed by atoms with E-state index in [1.807, 2.05) is 12.1 Å². The molecule has 0 spiro atoms. The fourth-order valence-corrected chi connectivity index (χ4v) is 8.22. The minimum absolute atomic E-state index is 0.832. The zero-order valence-electron chi connectivity index (χ0n) is 29.8. The van der Waals surface area contributed by atoms with Gasteiger partial charge in [0, 0.05) is 56.3 Å². The number of hydrogen-bond donors (Lipinski definition) is 0. The molecule has 0 amide bonds. The summed E-state index contributed by atoms with van der Waals surface area (Å²) in [4.78, 5) is 2.27. The largest absolute Gasteiger partial charge is 0.456 e. The maximum Gasteiger partial charge on any atom is 0.143 e. The van der Waals surface area contributed by atoms with Crippen molar-refractivity contribution in [1.29, 1.82) is 0 Å². The third kappa shape index (κ3) is 5.28. The summed E-state index contributed by atoms with van der Waals surface area (Å²) in [6.45, 7) is 0. The Kier molecular flexibility index (Phi) is 7.17. The van der Waals surface area contributed by atoms with Crippen molar-refractivity contribution in [3.8, 4) is 33.4 Å². The highest BCUT2D eigenvalue weighted by atomic mass is 16.3. The Bertz CT molecular complexity index is 3140. The summed E-state index contributed by atoms with van der Waals surface area (Å²) >= 11 is 0. The van der Waals surface area contributed by atoms with Gasteiger partial charge in [0.1, 0.15) is 22.3 Å². The van der Waals surface area contributed by atoms with Crippen LogP contribution in [0.3, 0.4) is 0 Å². The molecular formula is C52H33NO2. The highest BCUT2D eigenvalue weighted by molar-refractivity contribution is 6.23. The lowest BCUT2D eigenvalue weighted by atomic mass is 9.91. The molecule has 11 aromatic rings. The lowest BCUT2D eigenvalue weighted by Crippen LogP contribution is -2.09. The van der Waals surface area contributed by atoms with Crippen molar-refractivity contribution in [1.82, 2.24) is 0 Å². The fraction of sp³-hybridized carbons (Fsp3) is 0. The van der Waals surface area contributed by atoms with Gasteiger partial charge in [-0.2, -0.15) is 0 Å². The molecule has 3 heteroatoms. The average molecular weight is 704 g/mol. The Labute approximate surface area is 317 Å². The van der Waals surface area contributed by atoms with E-state index in [2.05, 4.69) is 193 Å². The van der Waals surface area contributed by atoms with Gasteiger partial charge in [-0.15, -0.1) is 0 Å². The molecule has 0 bridgehead atoms. The van der Waals surface area contributed by atoms with Crippen molar-refractivity contribution >= 4 is 71.7 Å². The van der Waals surface area contributed by atoms with Crippen LogP contribution >= 0.6 is 0 Å². The molecule has 0 N–H and O–H groups in total. The standard InChI is InChI=1S/C52H33NO2/c1-4-14-34(15-5-1)37-28-38(35-16-6-2-7-17-35)30-39(29-37)47-31-36-18-10-11-21-43(36)51-46-27-25-42(33-50(46)55-52(47)51)53(40-19-8-3-9-20-40)41-24-26-45-44-22-12-13-23-48(44)54-49(45)32-41/h1-33H. The average Bonchev–Trinajstić information content (AvgIpc) is 3.83. The SMILES string of the molecule is c1ccc(-c2cc(-c3ccccc3)cc(-c3cc4ccccc4c4c3oc3cc(N(c5ccccc5)c5ccc6c(c5)oc5ccccc56)ccc34)c2)cc1. The first-order valence-electron chi connectivity index (χ1n) is 18.7. The molecular weight excluding hydrogens is 671 g/mol. The Morgan fingerprint density at radius 3 is 1.53 bits per heavy atom. The van der Waals surface area contributed by atoms with Crippen LogP contribution in [0.5, 0.6) is 0 Å². The molecule has 0 aliphatic heterocycles. The summed E-state index contributed by atoms with van der Waals surface area (Å²) < 4.78 is 13.4. The molecule has 2 aromatic heterocycles. The monoisotopic (exact) mass is 703 g/mol. The van der Waals surface area contributed by atoms with Crippen molar-refractivity contribution < 1.29 is 8.83 Å². The van der Waals surface area contributed by atoms with E-state index in [-0.39, 0.29) is 0 Å². The maximum atomic E-state index is 7.06. The number of hydrogen-bond acceptors (Lipinski definition) is 3. The summed E-state index contributed by atoms with van der Waals surface area (Å²) in [5.74, 6) is 0. The van der Waals surface area contributed by atoms with Crippen LogP contribution in [-0.2, 0) is 0 Å². The van der Waals surface area contributed by atoms with Gasteiger partial charge in [-0.25, -0.2) is 0 Å². The van der Waals surface area contributed by atoms with Gasteiger partial charge in [0.15, 0.2) is 0 Å². The lowest BCUT2D eigenvalue weighted by molar-refractivity contribution is 0.669. The second-order valence-electron chi connectivity index (χ2n) is 14.1. The summed E-state index contributed by atoms with van der Waals surface area (Å²) in [6, 6.07) is 70.9. The Hall–Kier alpha value is -7.36. The maximum absolute atomic E-state index is 7.06. The molecule has 55 heavy (non-hydrogen) atoms. The minimum atomic E-state index is 0.832. The van der Waals surface area contributed by atoms with E-state index in [1.54, 1.807) is 0 Å². The van der Waals surface area contributed by atoms with Gasteiger partial charge in [0.05, 0.1) is 0 Å². The number of nitrogens with zero attached hydrogens (tertiary/aromatic N) is 1. The normalized spacial score (nSPS) is 11.6. The Morgan fingerprint density at radius 2 is 0.836 bits per heavy atom. The minimum Gasteiger partial charge on any atom is -0.456 e.